The number of amides is 1. The monoisotopic (exact) mass is 476 g/mol. The van der Waals surface area contributed by atoms with E-state index >= 15 is 0 Å². The number of hydrogen-bond donors (Lipinski definition) is 1. The number of carbonyl (C=O) groups excluding carboxylic acids is 1. The van der Waals surface area contributed by atoms with Gasteiger partial charge in [-0.05, 0) is 90.9 Å². The number of alkyl carbamates (subject to hydrolysis) is 1. The maximum atomic E-state index is 13.0. The Kier molecular flexibility index (Phi) is 6.80. The van der Waals surface area contributed by atoms with Crippen LogP contribution in [0.5, 0.6) is 5.75 Å². The molecule has 2 bridgehead atoms. The molecule has 5 nitrogen and oxygen atoms in total. The molecular weight excluding hydrogens is 436 g/mol. The van der Waals surface area contributed by atoms with Gasteiger partial charge in [-0.3, -0.25) is 4.90 Å². The third-order valence-corrected chi connectivity index (χ3v) is 8.40. The second kappa shape index (κ2) is 9.85. The Morgan fingerprint density at radius 3 is 2.51 bits per heavy atom. The molecule has 4 aliphatic rings. The SMILES string of the molecule is CCCCc1ccc(-c2cc3c(cc2OC)C(NC(=O)O[C@@H]2CN4CCC2CC4)C(C)(C)C3)cc1. The number of methoxy groups -OCH3 is 1. The number of fused-ring (bicyclic) bond motifs is 4. The van der Waals surface area contributed by atoms with E-state index in [1.165, 1.54) is 29.5 Å². The zero-order chi connectivity index (χ0) is 24.6. The van der Waals surface area contributed by atoms with E-state index in [4.69, 9.17) is 9.47 Å². The van der Waals surface area contributed by atoms with Crippen LogP contribution in [0.4, 0.5) is 4.79 Å². The van der Waals surface area contributed by atoms with E-state index in [-0.39, 0.29) is 23.7 Å². The van der Waals surface area contributed by atoms with Gasteiger partial charge in [0.2, 0.25) is 0 Å². The van der Waals surface area contributed by atoms with Crippen molar-refractivity contribution in [2.45, 2.75) is 71.4 Å². The summed E-state index contributed by atoms with van der Waals surface area (Å²) in [6.07, 6.45) is 6.43. The van der Waals surface area contributed by atoms with Crippen LogP contribution in [0, 0.1) is 11.3 Å². The lowest BCUT2D eigenvalue weighted by atomic mass is 9.85. The quantitative estimate of drug-likeness (QED) is 0.521. The van der Waals surface area contributed by atoms with Gasteiger partial charge in [0.15, 0.2) is 0 Å². The fourth-order valence-electron chi connectivity index (χ4n) is 6.31. The average Bonchev–Trinajstić information content (AvgIpc) is 3.11. The maximum Gasteiger partial charge on any atom is 0.407 e. The second-order valence-corrected chi connectivity index (χ2v) is 11.4. The summed E-state index contributed by atoms with van der Waals surface area (Å²) in [5.74, 6) is 1.35. The summed E-state index contributed by atoms with van der Waals surface area (Å²) in [4.78, 5) is 15.4. The molecule has 3 aliphatic heterocycles. The lowest BCUT2D eigenvalue weighted by Crippen LogP contribution is -2.53. The summed E-state index contributed by atoms with van der Waals surface area (Å²) in [7, 11) is 1.73. The molecule has 35 heavy (non-hydrogen) atoms. The van der Waals surface area contributed by atoms with Crippen molar-refractivity contribution >= 4 is 6.09 Å². The highest BCUT2D eigenvalue weighted by Crippen LogP contribution is 2.48. The summed E-state index contributed by atoms with van der Waals surface area (Å²) in [6.45, 7) is 9.82. The van der Waals surface area contributed by atoms with Crippen LogP contribution >= 0.6 is 0 Å². The summed E-state index contributed by atoms with van der Waals surface area (Å²) >= 11 is 0. The average molecular weight is 477 g/mol. The first-order chi connectivity index (χ1) is 16.9. The molecule has 2 atom stereocenters. The predicted octanol–water partition coefficient (Wildman–Crippen LogP) is 6.15. The van der Waals surface area contributed by atoms with Gasteiger partial charge in [0.05, 0.1) is 13.2 Å². The summed E-state index contributed by atoms with van der Waals surface area (Å²) in [5.41, 5.74) is 5.96. The molecule has 3 fully saturated rings. The van der Waals surface area contributed by atoms with Crippen molar-refractivity contribution in [2.75, 3.05) is 26.7 Å². The van der Waals surface area contributed by atoms with Crippen LogP contribution in [0.15, 0.2) is 36.4 Å². The Hall–Kier alpha value is -2.53. The van der Waals surface area contributed by atoms with Crippen LogP contribution in [0.1, 0.15) is 69.2 Å². The predicted molar refractivity (Wildman–Crippen MR) is 140 cm³/mol. The van der Waals surface area contributed by atoms with E-state index in [9.17, 15) is 4.79 Å². The molecular formula is C30H40N2O3. The number of carbonyl (C=O) groups is 1. The van der Waals surface area contributed by atoms with Crippen molar-refractivity contribution in [1.29, 1.82) is 0 Å². The third-order valence-electron chi connectivity index (χ3n) is 8.40. The lowest BCUT2D eigenvalue weighted by molar-refractivity contribution is -0.0349. The lowest BCUT2D eigenvalue weighted by Gasteiger charge is -2.44. The van der Waals surface area contributed by atoms with Gasteiger partial charge in [-0.25, -0.2) is 4.79 Å². The number of nitrogens with one attached hydrogen (secondary N) is 1. The zero-order valence-corrected chi connectivity index (χ0v) is 21.7. The van der Waals surface area contributed by atoms with Crippen molar-refractivity contribution < 1.29 is 14.3 Å². The van der Waals surface area contributed by atoms with Crippen LogP contribution in [-0.2, 0) is 17.6 Å². The highest BCUT2D eigenvalue weighted by Gasteiger charge is 2.42. The number of nitrogens with zero attached hydrogens (tertiary/aromatic N) is 1. The zero-order valence-electron chi connectivity index (χ0n) is 21.7. The largest absolute Gasteiger partial charge is 0.496 e. The molecule has 1 N–H and O–H groups in total. The molecule has 0 aromatic heterocycles. The molecule has 2 aromatic carbocycles. The summed E-state index contributed by atoms with van der Waals surface area (Å²) in [5, 5.41) is 3.23. The first-order valence-electron chi connectivity index (χ1n) is 13.4. The van der Waals surface area contributed by atoms with Gasteiger partial charge < -0.3 is 14.8 Å². The first-order valence-corrected chi connectivity index (χ1v) is 13.4. The normalized spacial score (nSPS) is 26.3. The Bertz CT molecular complexity index is 1050. The van der Waals surface area contributed by atoms with Crippen LogP contribution in [0.2, 0.25) is 0 Å². The van der Waals surface area contributed by atoms with E-state index in [0.717, 1.165) is 62.2 Å². The number of ether oxygens (including phenoxy) is 2. The van der Waals surface area contributed by atoms with Gasteiger partial charge in [0, 0.05) is 12.1 Å². The van der Waals surface area contributed by atoms with Gasteiger partial charge in [0.25, 0.3) is 0 Å². The molecule has 3 saturated heterocycles. The number of hydrogen-bond acceptors (Lipinski definition) is 4. The minimum Gasteiger partial charge on any atom is -0.496 e. The van der Waals surface area contributed by atoms with Gasteiger partial charge in [-0.2, -0.15) is 0 Å². The fourth-order valence-corrected chi connectivity index (χ4v) is 6.31. The van der Waals surface area contributed by atoms with E-state index in [1.807, 2.05) is 0 Å². The van der Waals surface area contributed by atoms with Gasteiger partial charge in [-0.1, -0.05) is 51.5 Å². The summed E-state index contributed by atoms with van der Waals surface area (Å²) in [6, 6.07) is 13.2. The van der Waals surface area contributed by atoms with Crippen molar-refractivity contribution in [3.8, 4) is 16.9 Å². The highest BCUT2D eigenvalue weighted by molar-refractivity contribution is 5.74. The number of unbranched alkanes of at least 4 members (excludes halogenated alkanes) is 1. The molecule has 1 amide bonds. The van der Waals surface area contributed by atoms with Gasteiger partial charge in [0.1, 0.15) is 11.9 Å². The van der Waals surface area contributed by atoms with E-state index in [1.54, 1.807) is 7.11 Å². The summed E-state index contributed by atoms with van der Waals surface area (Å²) < 4.78 is 11.8. The Balaban J connectivity index is 1.35. The van der Waals surface area contributed by atoms with Crippen LogP contribution in [-0.4, -0.2) is 43.8 Å². The minimum absolute atomic E-state index is 0.0127. The minimum atomic E-state index is -0.291. The molecule has 0 spiro atoms. The van der Waals surface area contributed by atoms with Crippen molar-refractivity contribution in [3.05, 3.63) is 53.1 Å². The second-order valence-electron chi connectivity index (χ2n) is 11.4. The molecule has 1 unspecified atom stereocenters. The van der Waals surface area contributed by atoms with Crippen molar-refractivity contribution in [1.82, 2.24) is 10.2 Å². The molecule has 188 valence electrons. The molecule has 0 radical (unpaired) electrons. The Morgan fingerprint density at radius 1 is 1.14 bits per heavy atom. The highest BCUT2D eigenvalue weighted by atomic mass is 16.6. The van der Waals surface area contributed by atoms with Crippen LogP contribution < -0.4 is 10.1 Å². The number of rotatable bonds is 7. The molecule has 6 rings (SSSR count). The third kappa shape index (κ3) is 4.93. The number of benzene rings is 2. The van der Waals surface area contributed by atoms with E-state index in [0.29, 0.717) is 5.92 Å². The number of piperidine rings is 3. The van der Waals surface area contributed by atoms with Gasteiger partial charge >= 0.3 is 6.09 Å². The van der Waals surface area contributed by atoms with Crippen LogP contribution in [0.3, 0.4) is 0 Å². The topological polar surface area (TPSA) is 50.8 Å². The Morgan fingerprint density at radius 2 is 1.89 bits per heavy atom. The number of aryl methyl sites for hydroxylation is 1. The molecule has 0 saturated carbocycles. The Labute approximate surface area is 210 Å². The smallest absolute Gasteiger partial charge is 0.407 e. The molecule has 1 aliphatic carbocycles. The standard InChI is InChI=1S/C30H40N2O3/c1-5-6-7-20-8-10-21(11-9-20)24-16-23-18-30(2,3)28(25(23)17-26(24)34-4)31-29(33)35-27-19-32-14-12-22(27)13-15-32/h8-11,16-17,22,27-28H,5-7,12-15,18-19H2,1-4H3,(H,31,33)/t27-,28?/m1/s1. The van der Waals surface area contributed by atoms with E-state index in [2.05, 4.69) is 67.4 Å². The fraction of sp³-hybridized carbons (Fsp3) is 0.567. The van der Waals surface area contributed by atoms with Gasteiger partial charge in [-0.15, -0.1) is 0 Å². The molecule has 3 heterocycles. The van der Waals surface area contributed by atoms with E-state index < -0.39 is 0 Å². The first kappa shape index (κ1) is 24.2. The molecule has 2 aromatic rings. The van der Waals surface area contributed by atoms with Crippen LogP contribution in [0.25, 0.3) is 11.1 Å². The van der Waals surface area contributed by atoms with Crippen molar-refractivity contribution in [2.24, 2.45) is 11.3 Å². The molecule has 5 heteroatoms. The maximum absolute atomic E-state index is 13.0. The van der Waals surface area contributed by atoms with Crippen molar-refractivity contribution in [3.63, 3.8) is 0 Å².